The summed E-state index contributed by atoms with van der Waals surface area (Å²) in [6.07, 6.45) is 8.98. The van der Waals surface area contributed by atoms with Crippen LogP contribution in [0.15, 0.2) is 12.2 Å². The number of carbonyl (C=O) groups excluding carboxylic acids is 1. The zero-order valence-corrected chi connectivity index (χ0v) is 13.9. The third-order valence-corrected chi connectivity index (χ3v) is 3.40. The van der Waals surface area contributed by atoms with E-state index in [1.165, 1.54) is 45.1 Å². The molecule has 0 radical (unpaired) electrons. The van der Waals surface area contributed by atoms with E-state index in [9.17, 15) is 4.79 Å². The predicted octanol–water partition coefficient (Wildman–Crippen LogP) is 4.03. The maximum atomic E-state index is 11.2. The summed E-state index contributed by atoms with van der Waals surface area (Å²) in [5, 5.41) is 0. The third kappa shape index (κ3) is 12.2. The molecular weight excluding hydrogens is 250 g/mol. The first-order valence-corrected chi connectivity index (χ1v) is 7.90. The van der Waals surface area contributed by atoms with Crippen molar-refractivity contribution in [3.8, 4) is 0 Å². The van der Waals surface area contributed by atoms with Crippen LogP contribution in [-0.4, -0.2) is 38.1 Å². The fourth-order valence-electron chi connectivity index (χ4n) is 2.05. The smallest absolute Gasteiger partial charge is 0.333 e. The molecule has 0 bridgehead atoms. The van der Waals surface area contributed by atoms with Crippen LogP contribution in [0.3, 0.4) is 0 Å². The van der Waals surface area contributed by atoms with Gasteiger partial charge in [0.2, 0.25) is 0 Å². The molecule has 0 fully saturated rings. The molecule has 0 aliphatic rings. The van der Waals surface area contributed by atoms with Crippen LogP contribution in [0, 0.1) is 5.92 Å². The molecule has 0 aliphatic carbocycles. The molecule has 1 unspecified atom stereocenters. The van der Waals surface area contributed by atoms with Crippen molar-refractivity contribution >= 4 is 5.97 Å². The first kappa shape index (κ1) is 19.2. The van der Waals surface area contributed by atoms with Crippen molar-refractivity contribution in [2.24, 2.45) is 5.92 Å². The Balaban J connectivity index is 3.33. The second kappa shape index (κ2) is 12.0. The minimum absolute atomic E-state index is 0.266. The van der Waals surface area contributed by atoms with Gasteiger partial charge in [-0.1, -0.05) is 45.6 Å². The second-order valence-electron chi connectivity index (χ2n) is 6.20. The molecule has 0 amide bonds. The Morgan fingerprint density at radius 2 is 1.65 bits per heavy atom. The highest BCUT2D eigenvalue weighted by Gasteiger charge is 2.07. The van der Waals surface area contributed by atoms with Gasteiger partial charge in [0.05, 0.1) is 6.61 Å². The molecule has 0 spiro atoms. The zero-order valence-electron chi connectivity index (χ0n) is 13.9. The molecule has 0 saturated carbocycles. The molecule has 1 atom stereocenters. The molecule has 0 saturated heterocycles. The van der Waals surface area contributed by atoms with E-state index in [1.807, 2.05) is 0 Å². The first-order valence-electron chi connectivity index (χ1n) is 7.90. The summed E-state index contributed by atoms with van der Waals surface area (Å²) < 4.78 is 5.15. The molecule has 3 nitrogen and oxygen atoms in total. The van der Waals surface area contributed by atoms with Crippen LogP contribution < -0.4 is 0 Å². The van der Waals surface area contributed by atoms with Crippen molar-refractivity contribution in [1.82, 2.24) is 4.90 Å². The Labute approximate surface area is 125 Å². The van der Waals surface area contributed by atoms with Gasteiger partial charge in [-0.05, 0) is 46.3 Å². The van der Waals surface area contributed by atoms with Crippen molar-refractivity contribution < 1.29 is 9.53 Å². The second-order valence-corrected chi connectivity index (χ2v) is 6.20. The van der Waals surface area contributed by atoms with E-state index >= 15 is 0 Å². The Kier molecular flexibility index (Phi) is 11.5. The Morgan fingerprint density at radius 3 is 2.20 bits per heavy atom. The van der Waals surface area contributed by atoms with Crippen molar-refractivity contribution in [1.29, 1.82) is 0 Å². The molecule has 0 aliphatic heterocycles. The average Bonchev–Trinajstić information content (AvgIpc) is 2.38. The fraction of sp³-hybridized carbons (Fsp3) is 0.824. The molecule has 0 rings (SSSR count). The van der Waals surface area contributed by atoms with Gasteiger partial charge in [-0.3, -0.25) is 0 Å². The summed E-state index contributed by atoms with van der Waals surface area (Å²) in [5.41, 5.74) is 0.481. The SMILES string of the molecule is C=C(C)C(=O)OCC(C)CCCCCCCCN(C)C. The molecule has 0 aromatic rings. The van der Waals surface area contributed by atoms with Crippen molar-refractivity contribution in [3.05, 3.63) is 12.2 Å². The molecule has 0 aromatic carbocycles. The summed E-state index contributed by atoms with van der Waals surface area (Å²) in [4.78, 5) is 13.5. The number of carbonyl (C=O) groups is 1. The van der Waals surface area contributed by atoms with Crippen LogP contribution in [0.5, 0.6) is 0 Å². The van der Waals surface area contributed by atoms with E-state index in [2.05, 4.69) is 32.5 Å². The molecule has 0 heterocycles. The summed E-state index contributed by atoms with van der Waals surface area (Å²) in [5.74, 6) is 0.185. The number of hydrogen-bond donors (Lipinski definition) is 0. The van der Waals surface area contributed by atoms with Gasteiger partial charge in [0.1, 0.15) is 0 Å². The summed E-state index contributed by atoms with van der Waals surface area (Å²) in [7, 11) is 4.25. The Bertz CT molecular complexity index is 274. The van der Waals surface area contributed by atoms with Crippen LogP contribution in [0.25, 0.3) is 0 Å². The van der Waals surface area contributed by atoms with E-state index < -0.39 is 0 Å². The number of ether oxygens (including phenoxy) is 1. The van der Waals surface area contributed by atoms with Crippen LogP contribution in [0.1, 0.15) is 58.8 Å². The molecular formula is C17H33NO2. The molecule has 0 N–H and O–H groups in total. The number of rotatable bonds is 12. The lowest BCUT2D eigenvalue weighted by atomic mass is 10.0. The molecule has 0 aromatic heterocycles. The Hall–Kier alpha value is -0.830. The first-order chi connectivity index (χ1) is 9.43. The monoisotopic (exact) mass is 283 g/mol. The van der Waals surface area contributed by atoms with Gasteiger partial charge < -0.3 is 9.64 Å². The fourth-order valence-corrected chi connectivity index (χ4v) is 2.05. The zero-order chi connectivity index (χ0) is 15.4. The number of unbranched alkanes of at least 4 members (excludes halogenated alkanes) is 5. The van der Waals surface area contributed by atoms with Gasteiger partial charge >= 0.3 is 5.97 Å². The molecule has 118 valence electrons. The number of nitrogens with zero attached hydrogens (tertiary/aromatic N) is 1. The average molecular weight is 283 g/mol. The van der Waals surface area contributed by atoms with Crippen LogP contribution >= 0.6 is 0 Å². The quantitative estimate of drug-likeness (QED) is 0.308. The van der Waals surface area contributed by atoms with Crippen LogP contribution in [-0.2, 0) is 9.53 Å². The lowest BCUT2D eigenvalue weighted by molar-refractivity contribution is -0.140. The highest BCUT2D eigenvalue weighted by atomic mass is 16.5. The maximum Gasteiger partial charge on any atom is 0.333 e. The van der Waals surface area contributed by atoms with Crippen molar-refractivity contribution in [2.75, 3.05) is 27.2 Å². The standard InChI is InChI=1S/C17H33NO2/c1-15(2)17(19)20-14-16(3)12-10-8-6-7-9-11-13-18(4)5/h16H,1,6-14H2,2-5H3. The van der Waals surface area contributed by atoms with Crippen molar-refractivity contribution in [2.45, 2.75) is 58.8 Å². The summed E-state index contributed by atoms with van der Waals surface area (Å²) in [6, 6.07) is 0. The summed E-state index contributed by atoms with van der Waals surface area (Å²) >= 11 is 0. The van der Waals surface area contributed by atoms with Gasteiger partial charge in [-0.2, -0.15) is 0 Å². The largest absolute Gasteiger partial charge is 0.462 e. The minimum Gasteiger partial charge on any atom is -0.462 e. The lowest BCUT2D eigenvalue weighted by Gasteiger charge is -2.12. The van der Waals surface area contributed by atoms with Gasteiger partial charge in [0.25, 0.3) is 0 Å². The van der Waals surface area contributed by atoms with Crippen LogP contribution in [0.2, 0.25) is 0 Å². The highest BCUT2D eigenvalue weighted by molar-refractivity contribution is 5.86. The number of hydrogen-bond acceptors (Lipinski definition) is 3. The van der Waals surface area contributed by atoms with E-state index in [4.69, 9.17) is 4.74 Å². The Morgan fingerprint density at radius 1 is 1.10 bits per heavy atom. The van der Waals surface area contributed by atoms with E-state index in [1.54, 1.807) is 6.92 Å². The predicted molar refractivity (Wildman–Crippen MR) is 85.8 cm³/mol. The topological polar surface area (TPSA) is 29.5 Å². The highest BCUT2D eigenvalue weighted by Crippen LogP contribution is 2.13. The molecule has 3 heteroatoms. The van der Waals surface area contributed by atoms with Gasteiger partial charge in [0, 0.05) is 5.57 Å². The van der Waals surface area contributed by atoms with Crippen LogP contribution in [0.4, 0.5) is 0 Å². The van der Waals surface area contributed by atoms with E-state index in [0.717, 1.165) is 6.42 Å². The van der Waals surface area contributed by atoms with Crippen molar-refractivity contribution in [3.63, 3.8) is 0 Å². The minimum atomic E-state index is -0.266. The molecule has 20 heavy (non-hydrogen) atoms. The normalized spacial score (nSPS) is 12.4. The maximum absolute atomic E-state index is 11.2. The van der Waals surface area contributed by atoms with E-state index in [-0.39, 0.29) is 5.97 Å². The summed E-state index contributed by atoms with van der Waals surface area (Å²) in [6.45, 7) is 9.12. The van der Waals surface area contributed by atoms with Gasteiger partial charge in [-0.15, -0.1) is 0 Å². The number of esters is 1. The lowest BCUT2D eigenvalue weighted by Crippen LogP contribution is -2.12. The van der Waals surface area contributed by atoms with E-state index in [0.29, 0.717) is 18.1 Å². The third-order valence-electron chi connectivity index (χ3n) is 3.40. The van der Waals surface area contributed by atoms with Gasteiger partial charge in [0.15, 0.2) is 0 Å². The van der Waals surface area contributed by atoms with Gasteiger partial charge in [-0.25, -0.2) is 4.79 Å².